The van der Waals surface area contributed by atoms with Gasteiger partial charge in [0.2, 0.25) is 5.91 Å². The molecule has 2 aliphatic rings. The Labute approximate surface area is 162 Å². The van der Waals surface area contributed by atoms with Gasteiger partial charge in [-0.05, 0) is 39.0 Å². The predicted octanol–water partition coefficient (Wildman–Crippen LogP) is 0.864. The van der Waals surface area contributed by atoms with Gasteiger partial charge in [-0.15, -0.1) is 0 Å². The van der Waals surface area contributed by atoms with Crippen LogP contribution in [0.25, 0.3) is 0 Å². The molecule has 1 N–H and O–H groups in total. The van der Waals surface area contributed by atoms with Gasteiger partial charge in [0.05, 0.1) is 18.6 Å². The number of aliphatic imine (C=N–C) groups is 1. The third-order valence-corrected chi connectivity index (χ3v) is 4.97. The molecule has 2 heterocycles. The molecule has 0 aromatic heterocycles. The summed E-state index contributed by atoms with van der Waals surface area (Å²) in [5.41, 5.74) is 0. The van der Waals surface area contributed by atoms with E-state index in [4.69, 9.17) is 9.47 Å². The fourth-order valence-corrected chi connectivity index (χ4v) is 3.35. The molecule has 2 rings (SSSR count). The summed E-state index contributed by atoms with van der Waals surface area (Å²) >= 11 is 0. The SMILES string of the molecule is CCOC(=O)C1CCCN(C(=NCC(=O)N(C)C)NCC2CCCCO2)C1. The van der Waals surface area contributed by atoms with Crippen LogP contribution in [0.4, 0.5) is 0 Å². The van der Waals surface area contributed by atoms with Crippen molar-refractivity contribution in [1.82, 2.24) is 15.1 Å². The zero-order valence-electron chi connectivity index (χ0n) is 16.9. The van der Waals surface area contributed by atoms with Crippen LogP contribution in [0.2, 0.25) is 0 Å². The van der Waals surface area contributed by atoms with Crippen molar-refractivity contribution in [3.8, 4) is 0 Å². The quantitative estimate of drug-likeness (QED) is 0.417. The molecule has 154 valence electrons. The lowest BCUT2D eigenvalue weighted by Crippen LogP contribution is -2.50. The first-order valence-electron chi connectivity index (χ1n) is 10.0. The average Bonchev–Trinajstić information content (AvgIpc) is 2.68. The maximum atomic E-state index is 12.1. The summed E-state index contributed by atoms with van der Waals surface area (Å²) < 4.78 is 11.0. The number of rotatable bonds is 6. The van der Waals surface area contributed by atoms with Gasteiger partial charge in [-0.1, -0.05) is 0 Å². The Morgan fingerprint density at radius 3 is 2.74 bits per heavy atom. The van der Waals surface area contributed by atoms with Gasteiger partial charge in [-0.3, -0.25) is 9.59 Å². The number of guanidine groups is 1. The van der Waals surface area contributed by atoms with Crippen molar-refractivity contribution in [2.75, 3.05) is 53.5 Å². The Balaban J connectivity index is 2.01. The van der Waals surface area contributed by atoms with Crippen LogP contribution in [0.3, 0.4) is 0 Å². The molecule has 0 aromatic rings. The number of piperidine rings is 1. The summed E-state index contributed by atoms with van der Waals surface area (Å²) in [6.45, 7) is 5.13. The number of likely N-dealkylation sites (tertiary alicyclic amines) is 1. The lowest BCUT2D eigenvalue weighted by Gasteiger charge is -2.35. The fraction of sp³-hybridized carbons (Fsp3) is 0.842. The number of hydrogen-bond donors (Lipinski definition) is 1. The summed E-state index contributed by atoms with van der Waals surface area (Å²) in [6.07, 6.45) is 5.20. The van der Waals surface area contributed by atoms with Crippen LogP contribution in [-0.4, -0.2) is 87.2 Å². The number of carbonyl (C=O) groups excluding carboxylic acids is 2. The third-order valence-electron chi connectivity index (χ3n) is 4.97. The van der Waals surface area contributed by atoms with Gasteiger partial charge in [0, 0.05) is 40.3 Å². The predicted molar refractivity (Wildman–Crippen MR) is 104 cm³/mol. The molecule has 0 spiro atoms. The van der Waals surface area contributed by atoms with Crippen molar-refractivity contribution in [2.45, 2.75) is 45.1 Å². The minimum Gasteiger partial charge on any atom is -0.466 e. The number of esters is 1. The van der Waals surface area contributed by atoms with Gasteiger partial charge < -0.3 is 24.6 Å². The van der Waals surface area contributed by atoms with Crippen LogP contribution in [0, 0.1) is 5.92 Å². The number of nitrogens with zero attached hydrogens (tertiary/aromatic N) is 3. The highest BCUT2D eigenvalue weighted by Crippen LogP contribution is 2.18. The van der Waals surface area contributed by atoms with Crippen molar-refractivity contribution in [3.63, 3.8) is 0 Å². The summed E-state index contributed by atoms with van der Waals surface area (Å²) in [5, 5.41) is 3.37. The number of carbonyl (C=O) groups is 2. The molecule has 2 aliphatic heterocycles. The van der Waals surface area contributed by atoms with E-state index in [1.165, 1.54) is 11.3 Å². The van der Waals surface area contributed by atoms with E-state index in [0.29, 0.717) is 25.7 Å². The van der Waals surface area contributed by atoms with Crippen molar-refractivity contribution in [3.05, 3.63) is 0 Å². The van der Waals surface area contributed by atoms with Crippen LogP contribution < -0.4 is 5.32 Å². The van der Waals surface area contributed by atoms with Gasteiger partial charge in [0.1, 0.15) is 6.54 Å². The molecule has 0 saturated carbocycles. The number of amides is 1. The minimum atomic E-state index is -0.152. The van der Waals surface area contributed by atoms with Gasteiger partial charge in [0.15, 0.2) is 5.96 Å². The Kier molecular flexibility index (Phi) is 8.84. The van der Waals surface area contributed by atoms with Crippen LogP contribution in [0.1, 0.15) is 39.0 Å². The lowest BCUT2D eigenvalue weighted by atomic mass is 9.98. The highest BCUT2D eigenvalue weighted by Gasteiger charge is 2.29. The summed E-state index contributed by atoms with van der Waals surface area (Å²) in [4.78, 5) is 32.2. The second-order valence-corrected chi connectivity index (χ2v) is 7.33. The molecule has 2 unspecified atom stereocenters. The van der Waals surface area contributed by atoms with E-state index < -0.39 is 0 Å². The van der Waals surface area contributed by atoms with Gasteiger partial charge in [-0.25, -0.2) is 4.99 Å². The zero-order valence-corrected chi connectivity index (χ0v) is 16.9. The summed E-state index contributed by atoms with van der Waals surface area (Å²) in [7, 11) is 3.44. The largest absolute Gasteiger partial charge is 0.466 e. The first-order valence-corrected chi connectivity index (χ1v) is 10.0. The van der Waals surface area contributed by atoms with Crippen molar-refractivity contribution in [2.24, 2.45) is 10.9 Å². The van der Waals surface area contributed by atoms with E-state index in [2.05, 4.69) is 15.2 Å². The highest BCUT2D eigenvalue weighted by atomic mass is 16.5. The smallest absolute Gasteiger partial charge is 0.310 e. The second-order valence-electron chi connectivity index (χ2n) is 7.33. The Bertz CT molecular complexity index is 518. The molecule has 27 heavy (non-hydrogen) atoms. The van der Waals surface area contributed by atoms with E-state index in [1.54, 1.807) is 14.1 Å². The van der Waals surface area contributed by atoms with Crippen molar-refractivity contribution in [1.29, 1.82) is 0 Å². The fourth-order valence-electron chi connectivity index (χ4n) is 3.35. The van der Waals surface area contributed by atoms with E-state index >= 15 is 0 Å². The standard InChI is InChI=1S/C19H34N4O4/c1-4-26-18(25)15-8-7-10-23(14-15)19(21-13-17(24)22(2)3)20-12-16-9-5-6-11-27-16/h15-16H,4-14H2,1-3H3,(H,20,21). The summed E-state index contributed by atoms with van der Waals surface area (Å²) in [6, 6.07) is 0. The minimum absolute atomic E-state index is 0.0535. The van der Waals surface area contributed by atoms with Crippen LogP contribution in [0.5, 0.6) is 0 Å². The Hall–Kier alpha value is -1.83. The van der Waals surface area contributed by atoms with E-state index in [9.17, 15) is 9.59 Å². The molecule has 8 nitrogen and oxygen atoms in total. The molecular weight excluding hydrogens is 348 g/mol. The molecule has 2 saturated heterocycles. The van der Waals surface area contributed by atoms with Crippen LogP contribution in [-0.2, 0) is 19.1 Å². The van der Waals surface area contributed by atoms with Gasteiger partial charge >= 0.3 is 5.97 Å². The summed E-state index contributed by atoms with van der Waals surface area (Å²) in [5.74, 6) is 0.318. The third kappa shape index (κ3) is 7.01. The zero-order chi connectivity index (χ0) is 19.6. The molecule has 0 aliphatic carbocycles. The van der Waals surface area contributed by atoms with Crippen LogP contribution >= 0.6 is 0 Å². The van der Waals surface area contributed by atoms with Gasteiger partial charge in [0.25, 0.3) is 0 Å². The number of likely N-dealkylation sites (N-methyl/N-ethyl adjacent to an activating group) is 1. The highest BCUT2D eigenvalue weighted by molar-refractivity contribution is 5.85. The maximum absolute atomic E-state index is 12.1. The second kappa shape index (κ2) is 11.1. The van der Waals surface area contributed by atoms with Crippen LogP contribution in [0.15, 0.2) is 4.99 Å². The normalized spacial score (nSPS) is 23.7. The lowest BCUT2D eigenvalue weighted by molar-refractivity contribution is -0.149. The molecule has 1 amide bonds. The Morgan fingerprint density at radius 2 is 2.07 bits per heavy atom. The first-order chi connectivity index (χ1) is 13.0. The molecule has 2 atom stereocenters. The van der Waals surface area contributed by atoms with Crippen molar-refractivity contribution >= 4 is 17.8 Å². The van der Waals surface area contributed by atoms with E-state index in [-0.39, 0.29) is 30.4 Å². The number of hydrogen-bond acceptors (Lipinski definition) is 5. The number of nitrogens with one attached hydrogen (secondary N) is 1. The Morgan fingerprint density at radius 1 is 1.26 bits per heavy atom. The molecule has 0 bridgehead atoms. The molecular formula is C19H34N4O4. The molecule has 0 radical (unpaired) electrons. The molecule has 2 fully saturated rings. The topological polar surface area (TPSA) is 83.5 Å². The monoisotopic (exact) mass is 382 g/mol. The van der Waals surface area contributed by atoms with E-state index in [0.717, 1.165) is 38.8 Å². The molecule has 0 aromatic carbocycles. The number of ether oxygens (including phenoxy) is 2. The first kappa shape index (κ1) is 21.5. The van der Waals surface area contributed by atoms with E-state index in [1.807, 2.05) is 6.92 Å². The average molecular weight is 383 g/mol. The van der Waals surface area contributed by atoms with Crippen molar-refractivity contribution < 1.29 is 19.1 Å². The molecule has 8 heteroatoms. The van der Waals surface area contributed by atoms with Gasteiger partial charge in [-0.2, -0.15) is 0 Å². The maximum Gasteiger partial charge on any atom is 0.310 e.